The Hall–Kier alpha value is -2.86. The number of hydrogen-bond donors (Lipinski definition) is 2. The number of carbonyl (C=O) groups is 2. The predicted molar refractivity (Wildman–Crippen MR) is 103 cm³/mol. The van der Waals surface area contributed by atoms with Crippen LogP contribution in [0.1, 0.15) is 34.3 Å². The van der Waals surface area contributed by atoms with Crippen LogP contribution >= 0.6 is 0 Å². The second-order valence-corrected chi connectivity index (χ2v) is 6.98. The minimum absolute atomic E-state index is 0.0258. The largest absolute Gasteiger partial charge is 0.482 e. The first kappa shape index (κ1) is 17.5. The molecular formula is C21H23N3O3. The second kappa shape index (κ2) is 7.80. The molecule has 0 bridgehead atoms. The maximum Gasteiger partial charge on any atom is 0.262 e. The molecule has 2 amide bonds. The zero-order chi connectivity index (χ0) is 18.6. The van der Waals surface area contributed by atoms with E-state index in [1.807, 2.05) is 12.1 Å². The Bertz CT molecular complexity index is 860. The highest BCUT2D eigenvalue weighted by Crippen LogP contribution is 2.28. The number of nitrogens with zero attached hydrogens (tertiary/aromatic N) is 1. The van der Waals surface area contributed by atoms with Gasteiger partial charge in [0.15, 0.2) is 6.61 Å². The third-order valence-electron chi connectivity index (χ3n) is 5.03. The molecule has 4 rings (SSSR count). The van der Waals surface area contributed by atoms with E-state index in [1.165, 1.54) is 18.4 Å². The van der Waals surface area contributed by atoms with E-state index >= 15 is 0 Å². The van der Waals surface area contributed by atoms with Crippen molar-refractivity contribution < 1.29 is 14.3 Å². The van der Waals surface area contributed by atoms with Gasteiger partial charge in [-0.25, -0.2) is 0 Å². The monoisotopic (exact) mass is 365 g/mol. The zero-order valence-electron chi connectivity index (χ0n) is 15.2. The SMILES string of the molecule is O=C1COc2cc(C(=O)NCc3ccccc3CN3CCCC3)ccc2N1. The highest BCUT2D eigenvalue weighted by molar-refractivity contribution is 5.98. The summed E-state index contributed by atoms with van der Waals surface area (Å²) in [4.78, 5) is 26.4. The van der Waals surface area contributed by atoms with Gasteiger partial charge in [0, 0.05) is 18.7 Å². The van der Waals surface area contributed by atoms with E-state index in [-0.39, 0.29) is 18.4 Å². The van der Waals surface area contributed by atoms with Crippen molar-refractivity contribution in [3.05, 3.63) is 59.2 Å². The van der Waals surface area contributed by atoms with Crippen LogP contribution in [0.3, 0.4) is 0 Å². The molecule has 2 aliphatic heterocycles. The van der Waals surface area contributed by atoms with Crippen molar-refractivity contribution in [1.82, 2.24) is 10.2 Å². The summed E-state index contributed by atoms with van der Waals surface area (Å²) in [7, 11) is 0. The Morgan fingerprint density at radius 3 is 2.70 bits per heavy atom. The van der Waals surface area contributed by atoms with Gasteiger partial charge in [-0.3, -0.25) is 14.5 Å². The van der Waals surface area contributed by atoms with E-state index in [0.717, 1.165) is 25.2 Å². The quantitative estimate of drug-likeness (QED) is 0.854. The molecule has 27 heavy (non-hydrogen) atoms. The number of fused-ring (bicyclic) bond motifs is 1. The molecule has 6 heteroatoms. The number of amides is 2. The minimum atomic E-state index is -0.186. The third kappa shape index (κ3) is 4.11. The lowest BCUT2D eigenvalue weighted by Crippen LogP contribution is -2.27. The van der Waals surface area contributed by atoms with Crippen molar-refractivity contribution in [2.24, 2.45) is 0 Å². The summed E-state index contributed by atoms with van der Waals surface area (Å²) in [5.74, 6) is 0.181. The Morgan fingerprint density at radius 2 is 1.89 bits per heavy atom. The number of ether oxygens (including phenoxy) is 1. The van der Waals surface area contributed by atoms with Crippen LogP contribution in [0.4, 0.5) is 5.69 Å². The Kier molecular flexibility index (Phi) is 5.07. The van der Waals surface area contributed by atoms with Gasteiger partial charge in [-0.1, -0.05) is 24.3 Å². The van der Waals surface area contributed by atoms with Crippen LogP contribution in [0.2, 0.25) is 0 Å². The number of nitrogens with one attached hydrogen (secondary N) is 2. The van der Waals surface area contributed by atoms with Crippen LogP contribution < -0.4 is 15.4 Å². The maximum atomic E-state index is 12.6. The first-order chi connectivity index (χ1) is 13.2. The average Bonchev–Trinajstić information content (AvgIpc) is 3.19. The molecule has 2 aromatic carbocycles. The molecule has 2 N–H and O–H groups in total. The van der Waals surface area contributed by atoms with Crippen molar-refractivity contribution in [1.29, 1.82) is 0 Å². The summed E-state index contributed by atoms with van der Waals surface area (Å²) in [6, 6.07) is 13.3. The van der Waals surface area contributed by atoms with Crippen molar-refractivity contribution in [2.75, 3.05) is 25.0 Å². The molecule has 0 saturated carbocycles. The molecule has 0 unspecified atom stereocenters. The highest BCUT2D eigenvalue weighted by Gasteiger charge is 2.18. The van der Waals surface area contributed by atoms with Crippen molar-refractivity contribution in [3.63, 3.8) is 0 Å². The predicted octanol–water partition coefficient (Wildman–Crippen LogP) is 2.54. The molecule has 0 radical (unpaired) electrons. The summed E-state index contributed by atoms with van der Waals surface area (Å²) in [6.07, 6.45) is 2.53. The molecule has 2 aliphatic rings. The van der Waals surface area contributed by atoms with Gasteiger partial charge in [0.25, 0.3) is 11.8 Å². The summed E-state index contributed by atoms with van der Waals surface area (Å²) >= 11 is 0. The fourth-order valence-electron chi connectivity index (χ4n) is 3.56. The van der Waals surface area contributed by atoms with E-state index in [1.54, 1.807) is 18.2 Å². The van der Waals surface area contributed by atoms with Crippen molar-refractivity contribution >= 4 is 17.5 Å². The van der Waals surface area contributed by atoms with Gasteiger partial charge in [-0.2, -0.15) is 0 Å². The lowest BCUT2D eigenvalue weighted by atomic mass is 10.1. The Balaban J connectivity index is 1.41. The number of hydrogen-bond acceptors (Lipinski definition) is 4. The van der Waals surface area contributed by atoms with Crippen molar-refractivity contribution in [3.8, 4) is 5.75 Å². The minimum Gasteiger partial charge on any atom is -0.482 e. The Morgan fingerprint density at radius 1 is 1.11 bits per heavy atom. The molecule has 0 spiro atoms. The van der Waals surface area contributed by atoms with Gasteiger partial charge >= 0.3 is 0 Å². The second-order valence-electron chi connectivity index (χ2n) is 6.98. The number of likely N-dealkylation sites (tertiary alicyclic amines) is 1. The molecule has 0 aromatic heterocycles. The van der Waals surface area contributed by atoms with Gasteiger partial charge in [-0.05, 0) is 55.3 Å². The van der Waals surface area contributed by atoms with Gasteiger partial charge in [-0.15, -0.1) is 0 Å². The van der Waals surface area contributed by atoms with E-state index in [0.29, 0.717) is 23.5 Å². The van der Waals surface area contributed by atoms with Gasteiger partial charge < -0.3 is 15.4 Å². The molecule has 0 atom stereocenters. The average molecular weight is 365 g/mol. The fraction of sp³-hybridized carbons (Fsp3) is 0.333. The summed E-state index contributed by atoms with van der Waals surface area (Å²) in [5.41, 5.74) is 3.51. The van der Waals surface area contributed by atoms with Gasteiger partial charge in [0.2, 0.25) is 0 Å². The lowest BCUT2D eigenvalue weighted by molar-refractivity contribution is -0.118. The molecule has 140 valence electrons. The fourth-order valence-corrected chi connectivity index (χ4v) is 3.56. The van der Waals surface area contributed by atoms with Crippen LogP contribution in [0, 0.1) is 0 Å². The summed E-state index contributed by atoms with van der Waals surface area (Å²) in [5, 5.41) is 5.72. The van der Waals surface area contributed by atoms with Crippen LogP contribution in [0.15, 0.2) is 42.5 Å². The maximum absolute atomic E-state index is 12.6. The number of benzene rings is 2. The molecule has 0 aliphatic carbocycles. The van der Waals surface area contributed by atoms with E-state index in [4.69, 9.17) is 4.74 Å². The van der Waals surface area contributed by atoms with E-state index in [2.05, 4.69) is 27.7 Å². The van der Waals surface area contributed by atoms with Gasteiger partial charge in [0.05, 0.1) is 5.69 Å². The first-order valence-corrected chi connectivity index (χ1v) is 9.33. The normalized spacial score (nSPS) is 16.4. The first-order valence-electron chi connectivity index (χ1n) is 9.33. The highest BCUT2D eigenvalue weighted by atomic mass is 16.5. The van der Waals surface area contributed by atoms with Crippen LogP contribution in [-0.4, -0.2) is 36.4 Å². The van der Waals surface area contributed by atoms with E-state index < -0.39 is 0 Å². The lowest BCUT2D eigenvalue weighted by Gasteiger charge is -2.19. The van der Waals surface area contributed by atoms with Gasteiger partial charge in [0.1, 0.15) is 5.75 Å². The molecule has 2 aromatic rings. The van der Waals surface area contributed by atoms with E-state index in [9.17, 15) is 9.59 Å². The molecule has 1 saturated heterocycles. The summed E-state index contributed by atoms with van der Waals surface area (Å²) < 4.78 is 5.39. The number of carbonyl (C=O) groups excluding carboxylic acids is 2. The number of anilines is 1. The zero-order valence-corrected chi connectivity index (χ0v) is 15.2. The standard InChI is InChI=1S/C21H23N3O3/c25-20-14-27-19-11-15(7-8-18(19)23-20)21(26)22-12-16-5-1-2-6-17(16)13-24-9-3-4-10-24/h1-2,5-8,11H,3-4,9-10,12-14H2,(H,22,26)(H,23,25). The van der Waals surface area contributed by atoms with Crippen LogP contribution in [-0.2, 0) is 17.9 Å². The molecule has 6 nitrogen and oxygen atoms in total. The third-order valence-corrected chi connectivity index (χ3v) is 5.03. The van der Waals surface area contributed by atoms with Crippen LogP contribution in [0.5, 0.6) is 5.75 Å². The summed E-state index contributed by atoms with van der Waals surface area (Å²) in [6.45, 7) is 3.68. The molecule has 2 heterocycles. The molecular weight excluding hydrogens is 342 g/mol. The Labute approximate surface area is 158 Å². The smallest absolute Gasteiger partial charge is 0.262 e. The topological polar surface area (TPSA) is 70.7 Å². The van der Waals surface area contributed by atoms with Crippen LogP contribution in [0.25, 0.3) is 0 Å². The van der Waals surface area contributed by atoms with Crippen molar-refractivity contribution in [2.45, 2.75) is 25.9 Å². The molecule has 1 fully saturated rings. The number of rotatable bonds is 5.